The number of halogens is 3. The topological polar surface area (TPSA) is 100 Å². The fourth-order valence-electron chi connectivity index (χ4n) is 3.32. The Morgan fingerprint density at radius 3 is 2.27 bits per heavy atom. The van der Waals surface area contributed by atoms with Gasteiger partial charge in [-0.15, -0.1) is 0 Å². The van der Waals surface area contributed by atoms with Crippen LogP contribution in [0.3, 0.4) is 0 Å². The van der Waals surface area contributed by atoms with E-state index in [0.717, 1.165) is 12.1 Å². The van der Waals surface area contributed by atoms with E-state index < -0.39 is 42.6 Å². The molecule has 37 heavy (non-hydrogen) atoms. The van der Waals surface area contributed by atoms with Crippen LogP contribution in [0.25, 0.3) is 0 Å². The van der Waals surface area contributed by atoms with Crippen LogP contribution in [-0.2, 0) is 15.7 Å². The highest BCUT2D eigenvalue weighted by molar-refractivity contribution is 6.00. The molecule has 3 aromatic carbocycles. The Morgan fingerprint density at radius 1 is 0.838 bits per heavy atom. The Kier molecular flexibility index (Phi) is 7.61. The van der Waals surface area contributed by atoms with Gasteiger partial charge in [-0.05, 0) is 60.7 Å². The molecule has 0 fully saturated rings. The van der Waals surface area contributed by atoms with E-state index in [1.807, 2.05) is 0 Å². The highest BCUT2D eigenvalue weighted by atomic mass is 19.4. The van der Waals surface area contributed by atoms with Crippen LogP contribution in [0.1, 0.15) is 26.3 Å². The van der Waals surface area contributed by atoms with E-state index in [1.54, 1.807) is 12.1 Å². The van der Waals surface area contributed by atoms with Crippen molar-refractivity contribution in [3.05, 3.63) is 83.4 Å². The summed E-state index contributed by atoms with van der Waals surface area (Å²) >= 11 is 0. The van der Waals surface area contributed by atoms with E-state index in [0.29, 0.717) is 30.3 Å². The van der Waals surface area contributed by atoms with Crippen molar-refractivity contribution in [3.8, 4) is 17.2 Å². The second-order valence-corrected chi connectivity index (χ2v) is 7.80. The Bertz CT molecular complexity index is 1310. The summed E-state index contributed by atoms with van der Waals surface area (Å²) in [6.45, 7) is -0.148. The molecular weight excluding hydrogens is 495 g/mol. The molecule has 8 nitrogen and oxygen atoms in total. The molecule has 1 heterocycles. The van der Waals surface area contributed by atoms with Gasteiger partial charge in [-0.2, -0.15) is 13.2 Å². The number of hydrogen-bond donors (Lipinski definition) is 1. The molecule has 0 radical (unpaired) electrons. The summed E-state index contributed by atoms with van der Waals surface area (Å²) < 4.78 is 59.6. The zero-order chi connectivity index (χ0) is 26.4. The quantitative estimate of drug-likeness (QED) is 0.348. The molecule has 1 amide bonds. The first-order valence-electron chi connectivity index (χ1n) is 11.0. The highest BCUT2D eigenvalue weighted by Crippen LogP contribution is 2.31. The van der Waals surface area contributed by atoms with Gasteiger partial charge in [-0.25, -0.2) is 4.79 Å². The van der Waals surface area contributed by atoms with Gasteiger partial charge in [-0.3, -0.25) is 9.59 Å². The van der Waals surface area contributed by atoms with Crippen molar-refractivity contribution in [2.24, 2.45) is 0 Å². The first-order valence-corrected chi connectivity index (χ1v) is 11.0. The number of esters is 1. The molecule has 11 heteroatoms. The summed E-state index contributed by atoms with van der Waals surface area (Å²) in [7, 11) is 0. The number of amides is 1. The maximum absolute atomic E-state index is 12.8. The van der Waals surface area contributed by atoms with Gasteiger partial charge in [0.25, 0.3) is 5.91 Å². The van der Waals surface area contributed by atoms with E-state index in [1.165, 1.54) is 42.5 Å². The molecule has 1 aliphatic rings. The number of ketones is 1. The van der Waals surface area contributed by atoms with Crippen LogP contribution < -0.4 is 19.5 Å². The Labute approximate surface area is 208 Å². The average molecular weight is 515 g/mol. The number of carbonyl (C=O) groups excluding carboxylic acids is 3. The van der Waals surface area contributed by atoms with Crippen LogP contribution in [0, 0.1) is 0 Å². The van der Waals surface area contributed by atoms with Gasteiger partial charge < -0.3 is 24.3 Å². The van der Waals surface area contributed by atoms with Gasteiger partial charge in [0.2, 0.25) is 0 Å². The van der Waals surface area contributed by atoms with Gasteiger partial charge in [0, 0.05) is 11.3 Å². The summed E-state index contributed by atoms with van der Waals surface area (Å²) in [4.78, 5) is 36.7. The number of hydrogen-bond acceptors (Lipinski definition) is 7. The maximum Gasteiger partial charge on any atom is 0.416 e. The second kappa shape index (κ2) is 11.0. The molecule has 0 aromatic heterocycles. The van der Waals surface area contributed by atoms with E-state index in [2.05, 4.69) is 5.32 Å². The highest BCUT2D eigenvalue weighted by Gasteiger charge is 2.30. The standard InChI is InChI=1S/C26H20F3NO7/c27-26(28,29)18-2-1-3-19(13-18)30-24(32)15-36-20-7-4-16(5-8-20)25(33)37-14-21(31)17-6-9-22-23(12-17)35-11-10-34-22/h1-9,12-13H,10-11,14-15H2,(H,30,32). The summed E-state index contributed by atoms with van der Waals surface area (Å²) in [5.74, 6) is -0.599. The molecule has 0 bridgehead atoms. The molecule has 0 saturated carbocycles. The lowest BCUT2D eigenvalue weighted by Crippen LogP contribution is -2.20. The summed E-state index contributed by atoms with van der Waals surface area (Å²) in [5.41, 5.74) is -0.450. The fourth-order valence-corrected chi connectivity index (χ4v) is 3.32. The first kappa shape index (κ1) is 25.5. The zero-order valence-electron chi connectivity index (χ0n) is 19.2. The number of anilines is 1. The van der Waals surface area contributed by atoms with E-state index >= 15 is 0 Å². The largest absolute Gasteiger partial charge is 0.486 e. The van der Waals surface area contributed by atoms with Crippen molar-refractivity contribution in [2.45, 2.75) is 6.18 Å². The smallest absolute Gasteiger partial charge is 0.416 e. The van der Waals surface area contributed by atoms with Crippen molar-refractivity contribution in [2.75, 3.05) is 31.7 Å². The number of ether oxygens (including phenoxy) is 4. The van der Waals surface area contributed by atoms with Gasteiger partial charge >= 0.3 is 12.1 Å². The molecule has 0 unspecified atom stereocenters. The number of fused-ring (bicyclic) bond motifs is 1. The third-order valence-corrected chi connectivity index (χ3v) is 5.13. The predicted molar refractivity (Wildman–Crippen MR) is 124 cm³/mol. The molecular formula is C26H20F3NO7. The number of carbonyl (C=O) groups is 3. The number of rotatable bonds is 8. The lowest BCUT2D eigenvalue weighted by molar-refractivity contribution is -0.137. The molecule has 1 aliphatic heterocycles. The molecule has 1 N–H and O–H groups in total. The predicted octanol–water partition coefficient (Wildman–Crippen LogP) is 4.53. The minimum atomic E-state index is -4.53. The van der Waals surface area contributed by atoms with Crippen molar-refractivity contribution in [3.63, 3.8) is 0 Å². The Hall–Kier alpha value is -4.54. The Balaban J connectivity index is 1.25. The van der Waals surface area contributed by atoms with E-state index in [9.17, 15) is 27.6 Å². The molecule has 0 spiro atoms. The van der Waals surface area contributed by atoms with Gasteiger partial charge in [-0.1, -0.05) is 6.07 Å². The molecule has 3 aromatic rings. The van der Waals surface area contributed by atoms with Gasteiger partial charge in [0.15, 0.2) is 30.5 Å². The minimum absolute atomic E-state index is 0.0210. The fraction of sp³-hybridized carbons (Fsp3) is 0.192. The third kappa shape index (κ3) is 6.78. The normalized spacial score (nSPS) is 12.4. The van der Waals surface area contributed by atoms with Crippen molar-refractivity contribution >= 4 is 23.3 Å². The number of alkyl halides is 3. The van der Waals surface area contributed by atoms with Crippen molar-refractivity contribution < 1.29 is 46.5 Å². The Morgan fingerprint density at radius 2 is 1.54 bits per heavy atom. The number of benzene rings is 3. The number of Topliss-reactive ketones (excluding diaryl/α,β-unsaturated/α-hetero) is 1. The van der Waals surface area contributed by atoms with Crippen molar-refractivity contribution in [1.29, 1.82) is 0 Å². The van der Waals surface area contributed by atoms with E-state index in [4.69, 9.17) is 18.9 Å². The molecule has 0 saturated heterocycles. The van der Waals surface area contributed by atoms with Gasteiger partial charge in [0.1, 0.15) is 19.0 Å². The monoisotopic (exact) mass is 515 g/mol. The van der Waals surface area contributed by atoms with Crippen LogP contribution in [0.4, 0.5) is 18.9 Å². The zero-order valence-corrected chi connectivity index (χ0v) is 19.2. The van der Waals surface area contributed by atoms with Crippen LogP contribution >= 0.6 is 0 Å². The molecule has 4 rings (SSSR count). The van der Waals surface area contributed by atoms with E-state index in [-0.39, 0.29) is 17.0 Å². The van der Waals surface area contributed by atoms with Crippen LogP contribution in [-0.4, -0.2) is 44.1 Å². The molecule has 192 valence electrons. The second-order valence-electron chi connectivity index (χ2n) is 7.80. The lowest BCUT2D eigenvalue weighted by atomic mass is 10.1. The average Bonchev–Trinajstić information content (AvgIpc) is 2.90. The first-order chi connectivity index (χ1) is 17.7. The van der Waals surface area contributed by atoms with Crippen LogP contribution in [0.5, 0.6) is 17.2 Å². The SMILES string of the molecule is O=C(COc1ccc(C(=O)OCC(=O)c2ccc3c(c2)OCCO3)cc1)Nc1cccc(C(F)(F)F)c1. The number of nitrogens with one attached hydrogen (secondary N) is 1. The summed E-state index contributed by atoms with van der Waals surface area (Å²) in [6, 6.07) is 14.5. The lowest BCUT2D eigenvalue weighted by Gasteiger charge is -2.18. The van der Waals surface area contributed by atoms with Crippen LogP contribution in [0.2, 0.25) is 0 Å². The molecule has 0 atom stereocenters. The van der Waals surface area contributed by atoms with Crippen molar-refractivity contribution in [1.82, 2.24) is 0 Å². The van der Waals surface area contributed by atoms with Crippen LogP contribution in [0.15, 0.2) is 66.7 Å². The third-order valence-electron chi connectivity index (χ3n) is 5.13. The summed E-state index contributed by atoms with van der Waals surface area (Å²) in [6.07, 6.45) is -4.53. The maximum atomic E-state index is 12.8. The minimum Gasteiger partial charge on any atom is -0.486 e. The molecule has 0 aliphatic carbocycles. The summed E-state index contributed by atoms with van der Waals surface area (Å²) in [5, 5.41) is 2.33. The van der Waals surface area contributed by atoms with Gasteiger partial charge in [0.05, 0.1) is 11.1 Å².